The topological polar surface area (TPSA) is 52.4 Å². The minimum Gasteiger partial charge on any atom is -0.346 e. The van der Waals surface area contributed by atoms with E-state index in [1.807, 2.05) is 13.2 Å². The molecule has 0 unspecified atom stereocenters. The van der Waals surface area contributed by atoms with Crippen LogP contribution in [0.15, 0.2) is 6.20 Å². The highest BCUT2D eigenvalue weighted by Gasteiger charge is 2.43. The summed E-state index contributed by atoms with van der Waals surface area (Å²) in [5, 5.41) is 8.01. The summed E-state index contributed by atoms with van der Waals surface area (Å²) in [5.74, 6) is -0.331. The minimum atomic E-state index is -0.331. The van der Waals surface area contributed by atoms with Crippen LogP contribution in [-0.2, 0) is 23.1 Å². The van der Waals surface area contributed by atoms with Crippen molar-refractivity contribution in [2.75, 3.05) is 26.3 Å². The van der Waals surface area contributed by atoms with E-state index in [0.717, 1.165) is 45.0 Å². The number of hydrogen-bond donors (Lipinski definition) is 0. The maximum atomic E-state index is 5.67. The summed E-state index contributed by atoms with van der Waals surface area (Å²) in [7, 11) is 1.88. The largest absolute Gasteiger partial charge is 0.346 e. The average Bonchev–Trinajstić information content (AvgIpc) is 2.94. The normalized spacial score (nSPS) is 24.6. The van der Waals surface area contributed by atoms with Crippen LogP contribution in [0.1, 0.15) is 12.1 Å². The lowest BCUT2D eigenvalue weighted by molar-refractivity contribution is -0.145. The molecule has 2 aliphatic heterocycles. The van der Waals surface area contributed by atoms with E-state index < -0.39 is 0 Å². The average molecular weight is 224 g/mol. The van der Waals surface area contributed by atoms with E-state index in [9.17, 15) is 0 Å². The molecule has 1 spiro atoms. The second-order valence-corrected chi connectivity index (χ2v) is 4.45. The van der Waals surface area contributed by atoms with Gasteiger partial charge in [0.15, 0.2) is 5.79 Å². The van der Waals surface area contributed by atoms with Gasteiger partial charge in [-0.25, -0.2) is 0 Å². The van der Waals surface area contributed by atoms with Crippen molar-refractivity contribution in [1.29, 1.82) is 0 Å². The lowest BCUT2D eigenvalue weighted by atomic mass is 10.2. The van der Waals surface area contributed by atoms with Crippen LogP contribution in [0.3, 0.4) is 0 Å². The van der Waals surface area contributed by atoms with Crippen LogP contribution in [0.2, 0.25) is 0 Å². The van der Waals surface area contributed by atoms with E-state index in [2.05, 4.69) is 15.2 Å². The molecule has 0 amide bonds. The Morgan fingerprint density at radius 1 is 1.44 bits per heavy atom. The molecule has 2 saturated heterocycles. The van der Waals surface area contributed by atoms with Gasteiger partial charge in [0.05, 0.1) is 25.5 Å². The number of nitrogens with zero attached hydrogens (tertiary/aromatic N) is 4. The van der Waals surface area contributed by atoms with Crippen molar-refractivity contribution in [2.24, 2.45) is 7.05 Å². The summed E-state index contributed by atoms with van der Waals surface area (Å²) in [4.78, 5) is 2.30. The number of ether oxygens (including phenoxy) is 2. The molecule has 0 saturated carbocycles. The quantitative estimate of drug-likeness (QED) is 0.694. The van der Waals surface area contributed by atoms with E-state index in [1.54, 1.807) is 4.68 Å². The van der Waals surface area contributed by atoms with Gasteiger partial charge in [-0.1, -0.05) is 5.21 Å². The maximum absolute atomic E-state index is 5.67. The summed E-state index contributed by atoms with van der Waals surface area (Å²) in [6.45, 7) is 4.10. The second-order valence-electron chi connectivity index (χ2n) is 4.45. The Morgan fingerprint density at radius 3 is 2.94 bits per heavy atom. The Labute approximate surface area is 94.1 Å². The standard InChI is InChI=1S/C10H16N4O2/c1-13-6-9(11-12-13)7-14-3-2-10(8-14)15-4-5-16-10/h6H,2-5,7-8H2,1H3. The molecule has 6 nitrogen and oxygen atoms in total. The molecule has 1 aromatic heterocycles. The molecule has 1 aromatic rings. The molecule has 0 aliphatic carbocycles. The van der Waals surface area contributed by atoms with Gasteiger partial charge in [-0.15, -0.1) is 5.10 Å². The van der Waals surface area contributed by atoms with Gasteiger partial charge in [0, 0.05) is 32.8 Å². The molecule has 3 heterocycles. The molecule has 6 heteroatoms. The Balaban J connectivity index is 1.61. The molecule has 2 fully saturated rings. The molecule has 0 N–H and O–H groups in total. The Bertz CT molecular complexity index is 373. The van der Waals surface area contributed by atoms with Crippen LogP contribution >= 0.6 is 0 Å². The van der Waals surface area contributed by atoms with Crippen molar-refractivity contribution in [3.05, 3.63) is 11.9 Å². The molecule has 16 heavy (non-hydrogen) atoms. The van der Waals surface area contributed by atoms with Gasteiger partial charge in [0.1, 0.15) is 0 Å². The number of likely N-dealkylation sites (tertiary alicyclic amines) is 1. The van der Waals surface area contributed by atoms with Gasteiger partial charge in [-0.05, 0) is 0 Å². The summed E-state index contributed by atoms with van der Waals surface area (Å²) in [6.07, 6.45) is 2.90. The summed E-state index contributed by atoms with van der Waals surface area (Å²) >= 11 is 0. The molecule has 0 bridgehead atoms. The first-order valence-corrected chi connectivity index (χ1v) is 5.61. The highest BCUT2D eigenvalue weighted by Crippen LogP contribution is 2.30. The molecule has 2 aliphatic rings. The van der Waals surface area contributed by atoms with Gasteiger partial charge < -0.3 is 9.47 Å². The molecular formula is C10H16N4O2. The zero-order valence-electron chi connectivity index (χ0n) is 9.43. The third kappa shape index (κ3) is 1.83. The van der Waals surface area contributed by atoms with Crippen LogP contribution in [0.4, 0.5) is 0 Å². The van der Waals surface area contributed by atoms with E-state index in [0.29, 0.717) is 0 Å². The van der Waals surface area contributed by atoms with Crippen LogP contribution < -0.4 is 0 Å². The molecule has 3 rings (SSSR count). The van der Waals surface area contributed by atoms with Crippen LogP contribution in [0.25, 0.3) is 0 Å². The summed E-state index contributed by atoms with van der Waals surface area (Å²) < 4.78 is 13.1. The Kier molecular flexibility index (Phi) is 2.42. The van der Waals surface area contributed by atoms with Crippen molar-refractivity contribution < 1.29 is 9.47 Å². The fraction of sp³-hybridized carbons (Fsp3) is 0.800. The number of aromatic nitrogens is 3. The molecule has 0 aromatic carbocycles. The molecular weight excluding hydrogens is 208 g/mol. The van der Waals surface area contributed by atoms with Crippen LogP contribution in [0, 0.1) is 0 Å². The lowest BCUT2D eigenvalue weighted by Gasteiger charge is -2.21. The van der Waals surface area contributed by atoms with E-state index in [-0.39, 0.29) is 5.79 Å². The van der Waals surface area contributed by atoms with Crippen molar-refractivity contribution in [1.82, 2.24) is 19.9 Å². The SMILES string of the molecule is Cn1cc(CN2CCC3(C2)OCCO3)nn1. The van der Waals surface area contributed by atoms with Crippen molar-refractivity contribution in [3.63, 3.8) is 0 Å². The van der Waals surface area contributed by atoms with Gasteiger partial charge in [0.25, 0.3) is 0 Å². The van der Waals surface area contributed by atoms with Gasteiger partial charge in [-0.3, -0.25) is 9.58 Å². The van der Waals surface area contributed by atoms with Crippen molar-refractivity contribution >= 4 is 0 Å². The third-order valence-corrected chi connectivity index (χ3v) is 3.12. The third-order valence-electron chi connectivity index (χ3n) is 3.12. The minimum absolute atomic E-state index is 0.331. The predicted molar refractivity (Wildman–Crippen MR) is 55.5 cm³/mol. The maximum Gasteiger partial charge on any atom is 0.182 e. The molecule has 88 valence electrons. The first-order valence-electron chi connectivity index (χ1n) is 5.61. The smallest absolute Gasteiger partial charge is 0.182 e. The number of hydrogen-bond acceptors (Lipinski definition) is 5. The zero-order chi connectivity index (χ0) is 11.0. The molecule has 0 radical (unpaired) electrons. The second kappa shape index (κ2) is 3.80. The molecule has 0 atom stereocenters. The van der Waals surface area contributed by atoms with E-state index >= 15 is 0 Å². The first kappa shape index (κ1) is 10.2. The fourth-order valence-electron chi connectivity index (χ4n) is 2.39. The number of aryl methyl sites for hydroxylation is 1. The van der Waals surface area contributed by atoms with Crippen molar-refractivity contribution in [3.8, 4) is 0 Å². The number of rotatable bonds is 2. The zero-order valence-corrected chi connectivity index (χ0v) is 9.43. The first-order chi connectivity index (χ1) is 7.76. The predicted octanol–water partition coefficient (Wildman–Crippen LogP) is -0.236. The highest BCUT2D eigenvalue weighted by atomic mass is 16.7. The van der Waals surface area contributed by atoms with Crippen LogP contribution in [-0.4, -0.2) is 52.0 Å². The van der Waals surface area contributed by atoms with Gasteiger partial charge in [0.2, 0.25) is 0 Å². The fourth-order valence-corrected chi connectivity index (χ4v) is 2.39. The van der Waals surface area contributed by atoms with Crippen molar-refractivity contribution in [2.45, 2.75) is 18.8 Å². The lowest BCUT2D eigenvalue weighted by Crippen LogP contribution is -2.34. The summed E-state index contributed by atoms with van der Waals surface area (Å²) in [5.41, 5.74) is 0.998. The van der Waals surface area contributed by atoms with E-state index in [4.69, 9.17) is 9.47 Å². The van der Waals surface area contributed by atoms with Gasteiger partial charge >= 0.3 is 0 Å². The summed E-state index contributed by atoms with van der Waals surface area (Å²) in [6, 6.07) is 0. The monoisotopic (exact) mass is 224 g/mol. The Morgan fingerprint density at radius 2 is 2.25 bits per heavy atom. The van der Waals surface area contributed by atoms with Gasteiger partial charge in [-0.2, -0.15) is 0 Å². The van der Waals surface area contributed by atoms with E-state index in [1.165, 1.54) is 0 Å². The Hall–Kier alpha value is -0.980. The van der Waals surface area contributed by atoms with Crippen LogP contribution in [0.5, 0.6) is 0 Å². The highest BCUT2D eigenvalue weighted by molar-refractivity contribution is 4.95.